The highest BCUT2D eigenvalue weighted by molar-refractivity contribution is 7.89. The van der Waals surface area contributed by atoms with Crippen LogP contribution in [0, 0.1) is 5.82 Å². The second kappa shape index (κ2) is 7.97. The number of ether oxygens (including phenoxy) is 2. The average Bonchev–Trinajstić information content (AvgIpc) is 2.73. The molecule has 2 aliphatic heterocycles. The minimum atomic E-state index is -4.11. The fraction of sp³-hybridized carbons (Fsp3) is 0.333. The normalized spacial score (nSPS) is 18.3. The van der Waals surface area contributed by atoms with E-state index in [9.17, 15) is 21.2 Å². The van der Waals surface area contributed by atoms with Gasteiger partial charge in [-0.15, -0.1) is 0 Å². The van der Waals surface area contributed by atoms with Crippen molar-refractivity contribution in [2.24, 2.45) is 0 Å². The van der Waals surface area contributed by atoms with Crippen LogP contribution in [0.25, 0.3) is 0 Å². The SMILES string of the molecule is O=S(=O)(c1ccc2c(c1)OCCO2)N1CCN(S(=O)(=O)c2ccc(Cl)cc2F)CC1. The molecule has 0 amide bonds. The second-order valence-electron chi connectivity index (χ2n) is 6.69. The maximum Gasteiger partial charge on any atom is 0.246 e. The van der Waals surface area contributed by atoms with Gasteiger partial charge < -0.3 is 9.47 Å². The number of sulfonamides is 2. The maximum atomic E-state index is 14.1. The number of hydrogen-bond donors (Lipinski definition) is 0. The number of fused-ring (bicyclic) bond motifs is 1. The maximum absolute atomic E-state index is 14.1. The lowest BCUT2D eigenvalue weighted by Gasteiger charge is -2.33. The lowest BCUT2D eigenvalue weighted by molar-refractivity contribution is 0.171. The molecule has 0 atom stereocenters. The summed E-state index contributed by atoms with van der Waals surface area (Å²) in [5.41, 5.74) is 0. The van der Waals surface area contributed by atoms with Crippen LogP contribution < -0.4 is 9.47 Å². The highest BCUT2D eigenvalue weighted by Gasteiger charge is 2.35. The Balaban J connectivity index is 1.51. The molecule has 12 heteroatoms. The van der Waals surface area contributed by atoms with E-state index in [1.54, 1.807) is 0 Å². The molecule has 0 N–H and O–H groups in total. The van der Waals surface area contributed by atoms with Crippen molar-refractivity contribution in [2.75, 3.05) is 39.4 Å². The summed E-state index contributed by atoms with van der Waals surface area (Å²) in [5, 5.41) is 0.0850. The Labute approximate surface area is 178 Å². The topological polar surface area (TPSA) is 93.2 Å². The molecular formula is C18H18ClFN2O6S2. The van der Waals surface area contributed by atoms with Crippen LogP contribution in [0.3, 0.4) is 0 Å². The highest BCUT2D eigenvalue weighted by atomic mass is 35.5. The van der Waals surface area contributed by atoms with Crippen LogP contribution in [0.1, 0.15) is 0 Å². The Morgan fingerprint density at radius 1 is 0.800 bits per heavy atom. The molecule has 8 nitrogen and oxygen atoms in total. The van der Waals surface area contributed by atoms with Gasteiger partial charge in [-0.3, -0.25) is 0 Å². The molecule has 0 spiro atoms. The number of nitrogens with zero attached hydrogens (tertiary/aromatic N) is 2. The molecule has 1 saturated heterocycles. The first-order chi connectivity index (χ1) is 14.2. The van der Waals surface area contributed by atoms with Crippen molar-refractivity contribution < 1.29 is 30.7 Å². The summed E-state index contributed by atoms with van der Waals surface area (Å²) in [6.45, 7) is 0.386. The molecule has 1 fully saturated rings. The average molecular weight is 477 g/mol. The van der Waals surface area contributed by atoms with Crippen LogP contribution in [-0.4, -0.2) is 64.8 Å². The van der Waals surface area contributed by atoms with Gasteiger partial charge >= 0.3 is 0 Å². The van der Waals surface area contributed by atoms with Gasteiger partial charge in [0.2, 0.25) is 20.0 Å². The molecule has 2 heterocycles. The summed E-state index contributed by atoms with van der Waals surface area (Å²) >= 11 is 5.69. The van der Waals surface area contributed by atoms with Crippen LogP contribution in [-0.2, 0) is 20.0 Å². The molecule has 0 aromatic heterocycles. The van der Waals surface area contributed by atoms with E-state index in [1.807, 2.05) is 0 Å². The molecular weight excluding hydrogens is 459 g/mol. The van der Waals surface area contributed by atoms with Crippen molar-refractivity contribution in [2.45, 2.75) is 9.79 Å². The Kier molecular flexibility index (Phi) is 5.66. The van der Waals surface area contributed by atoms with Crippen molar-refractivity contribution in [1.29, 1.82) is 0 Å². The quantitative estimate of drug-likeness (QED) is 0.669. The van der Waals surface area contributed by atoms with Crippen molar-refractivity contribution in [1.82, 2.24) is 8.61 Å². The third-order valence-electron chi connectivity index (χ3n) is 4.86. The molecule has 0 bridgehead atoms. The van der Waals surface area contributed by atoms with Crippen molar-refractivity contribution in [3.63, 3.8) is 0 Å². The number of benzene rings is 2. The largest absolute Gasteiger partial charge is 0.486 e. The van der Waals surface area contributed by atoms with Gasteiger partial charge in [0.1, 0.15) is 23.9 Å². The first-order valence-corrected chi connectivity index (χ1v) is 12.3. The van der Waals surface area contributed by atoms with Gasteiger partial charge in [-0.05, 0) is 30.3 Å². The predicted molar refractivity (Wildman–Crippen MR) is 106 cm³/mol. The summed E-state index contributed by atoms with van der Waals surface area (Å²) in [6, 6.07) is 7.68. The lowest BCUT2D eigenvalue weighted by Crippen LogP contribution is -2.50. The van der Waals surface area contributed by atoms with Crippen molar-refractivity contribution in [3.05, 3.63) is 47.2 Å². The lowest BCUT2D eigenvalue weighted by atomic mass is 10.3. The highest BCUT2D eigenvalue weighted by Crippen LogP contribution is 2.33. The zero-order chi connectivity index (χ0) is 21.5. The fourth-order valence-corrected chi connectivity index (χ4v) is 6.37. The van der Waals surface area contributed by atoms with E-state index < -0.39 is 30.8 Å². The molecule has 30 heavy (non-hydrogen) atoms. The smallest absolute Gasteiger partial charge is 0.246 e. The van der Waals surface area contributed by atoms with E-state index in [1.165, 1.54) is 28.6 Å². The number of rotatable bonds is 4. The Morgan fingerprint density at radius 3 is 2.03 bits per heavy atom. The first kappa shape index (κ1) is 21.3. The van der Waals surface area contributed by atoms with Crippen LogP contribution in [0.4, 0.5) is 4.39 Å². The Bertz CT molecular complexity index is 1180. The Hall–Kier alpha value is -1.92. The summed E-state index contributed by atoms with van der Waals surface area (Å²) in [7, 11) is -7.97. The van der Waals surface area contributed by atoms with Crippen molar-refractivity contribution >= 4 is 31.6 Å². The minimum absolute atomic E-state index is 0.0341. The third kappa shape index (κ3) is 3.87. The van der Waals surface area contributed by atoms with Crippen molar-refractivity contribution in [3.8, 4) is 11.5 Å². The zero-order valence-corrected chi connectivity index (χ0v) is 18.0. The van der Waals surface area contributed by atoms with Gasteiger partial charge in [-0.1, -0.05) is 11.6 Å². The molecule has 162 valence electrons. The molecule has 2 aliphatic rings. The summed E-state index contributed by atoms with van der Waals surface area (Å²) in [6.07, 6.45) is 0. The molecule has 2 aromatic carbocycles. The minimum Gasteiger partial charge on any atom is -0.486 e. The first-order valence-electron chi connectivity index (χ1n) is 9.04. The predicted octanol–water partition coefficient (Wildman–Crippen LogP) is 1.95. The van der Waals surface area contributed by atoms with Crippen LogP contribution in [0.5, 0.6) is 11.5 Å². The van der Waals surface area contributed by atoms with Gasteiger partial charge in [-0.25, -0.2) is 21.2 Å². The van der Waals surface area contributed by atoms with E-state index >= 15 is 0 Å². The van der Waals surface area contributed by atoms with Gasteiger partial charge in [0.25, 0.3) is 0 Å². The summed E-state index contributed by atoms with van der Waals surface area (Å²) in [4.78, 5) is -0.457. The van der Waals surface area contributed by atoms with Gasteiger partial charge in [-0.2, -0.15) is 8.61 Å². The van der Waals surface area contributed by atoms with E-state index in [-0.39, 0.29) is 36.1 Å². The third-order valence-corrected chi connectivity index (χ3v) is 8.92. The zero-order valence-electron chi connectivity index (χ0n) is 15.6. The van der Waals surface area contributed by atoms with Gasteiger partial charge in [0, 0.05) is 37.3 Å². The van der Waals surface area contributed by atoms with E-state index in [4.69, 9.17) is 21.1 Å². The van der Waals surface area contributed by atoms with E-state index in [0.29, 0.717) is 24.7 Å². The molecule has 0 saturated carbocycles. The molecule has 2 aromatic rings. The standard InChI is InChI=1S/C18H18ClFN2O6S2/c19-13-1-4-18(15(20)11-13)30(25,26)22-7-5-21(6-8-22)29(23,24)14-2-3-16-17(12-14)28-10-9-27-16/h1-4,11-12H,5-10H2. The molecule has 4 rings (SSSR count). The van der Waals surface area contributed by atoms with Crippen LogP contribution in [0.15, 0.2) is 46.2 Å². The number of hydrogen-bond acceptors (Lipinski definition) is 6. The van der Waals surface area contributed by atoms with Crippen LogP contribution >= 0.6 is 11.6 Å². The monoisotopic (exact) mass is 476 g/mol. The van der Waals surface area contributed by atoms with Crippen LogP contribution in [0.2, 0.25) is 5.02 Å². The second-order valence-corrected chi connectivity index (χ2v) is 11.0. The van der Waals surface area contributed by atoms with Gasteiger partial charge in [0.15, 0.2) is 11.5 Å². The number of halogens is 2. The molecule has 0 unspecified atom stereocenters. The number of piperazine rings is 1. The molecule has 0 aliphatic carbocycles. The van der Waals surface area contributed by atoms with Gasteiger partial charge in [0.05, 0.1) is 4.90 Å². The summed E-state index contributed by atoms with van der Waals surface area (Å²) in [5.74, 6) is -0.128. The summed E-state index contributed by atoms with van der Waals surface area (Å²) < 4.78 is 78.7. The Morgan fingerprint density at radius 2 is 1.40 bits per heavy atom. The molecule has 0 radical (unpaired) electrons. The fourth-order valence-electron chi connectivity index (χ4n) is 3.31. The van der Waals surface area contributed by atoms with E-state index in [2.05, 4.69) is 0 Å². The van der Waals surface area contributed by atoms with E-state index in [0.717, 1.165) is 16.4 Å².